The number of nitrogens with zero attached hydrogens (tertiary/aromatic N) is 5. The number of aryl methyl sites for hydroxylation is 1. The molecule has 9 heteroatoms. The third-order valence-corrected chi connectivity index (χ3v) is 4.21. The van der Waals surface area contributed by atoms with Gasteiger partial charge in [-0.3, -0.25) is 9.59 Å². The number of tetrazole rings is 1. The van der Waals surface area contributed by atoms with Crippen LogP contribution >= 0.6 is 0 Å². The van der Waals surface area contributed by atoms with Crippen LogP contribution in [0.2, 0.25) is 0 Å². The van der Waals surface area contributed by atoms with Crippen molar-refractivity contribution in [2.75, 3.05) is 19.7 Å². The second-order valence-electron chi connectivity index (χ2n) is 5.82. The number of pyridine rings is 1. The number of rotatable bonds is 2. The molecule has 3 aromatic rings. The van der Waals surface area contributed by atoms with E-state index in [-0.39, 0.29) is 11.5 Å². The molecule has 9 nitrogen and oxygen atoms in total. The number of nitrogens with one attached hydrogen (secondary N) is 1. The number of carbonyl (C=O) groups excluding carboxylic acids is 1. The SMILES string of the molecule is Cn1nnc(C2CN(C(=O)c3c[nH]c(=O)c4ccccc34)CCO2)n1. The van der Waals surface area contributed by atoms with Gasteiger partial charge in [-0.05, 0) is 11.3 Å². The van der Waals surface area contributed by atoms with Crippen molar-refractivity contribution in [1.29, 1.82) is 0 Å². The molecule has 0 bridgehead atoms. The molecule has 1 saturated heterocycles. The average Bonchev–Trinajstić information content (AvgIpc) is 3.08. The van der Waals surface area contributed by atoms with Crippen LogP contribution in [0.4, 0.5) is 0 Å². The van der Waals surface area contributed by atoms with Gasteiger partial charge in [-0.2, -0.15) is 4.80 Å². The first-order chi connectivity index (χ1) is 12.1. The molecule has 2 aromatic heterocycles. The molecule has 0 saturated carbocycles. The summed E-state index contributed by atoms with van der Waals surface area (Å²) >= 11 is 0. The summed E-state index contributed by atoms with van der Waals surface area (Å²) in [4.78, 5) is 30.6. The van der Waals surface area contributed by atoms with Crippen LogP contribution in [-0.4, -0.2) is 55.7 Å². The number of hydrogen-bond acceptors (Lipinski definition) is 6. The lowest BCUT2D eigenvalue weighted by Gasteiger charge is -2.31. The Hall–Kier alpha value is -3.07. The number of carbonyl (C=O) groups is 1. The minimum atomic E-state index is -0.416. The topological polar surface area (TPSA) is 106 Å². The summed E-state index contributed by atoms with van der Waals surface area (Å²) in [6.45, 7) is 1.18. The third kappa shape index (κ3) is 2.78. The summed E-state index contributed by atoms with van der Waals surface area (Å²) < 4.78 is 5.67. The molecular formula is C16H16N6O3. The zero-order chi connectivity index (χ0) is 17.4. The Morgan fingerprint density at radius 1 is 1.32 bits per heavy atom. The highest BCUT2D eigenvalue weighted by atomic mass is 16.5. The predicted molar refractivity (Wildman–Crippen MR) is 88.0 cm³/mol. The summed E-state index contributed by atoms with van der Waals surface area (Å²) in [5.41, 5.74) is 0.249. The van der Waals surface area contributed by atoms with Crippen molar-refractivity contribution in [3.63, 3.8) is 0 Å². The maximum absolute atomic E-state index is 13.0. The highest BCUT2D eigenvalue weighted by molar-refractivity contribution is 6.06. The zero-order valence-corrected chi connectivity index (χ0v) is 13.5. The second-order valence-corrected chi connectivity index (χ2v) is 5.82. The van der Waals surface area contributed by atoms with E-state index in [9.17, 15) is 9.59 Å². The van der Waals surface area contributed by atoms with E-state index in [4.69, 9.17) is 4.74 Å². The molecule has 0 radical (unpaired) electrons. The third-order valence-electron chi connectivity index (χ3n) is 4.21. The highest BCUT2D eigenvalue weighted by Crippen LogP contribution is 2.22. The predicted octanol–water partition coefficient (Wildman–Crippen LogP) is 0.265. The van der Waals surface area contributed by atoms with Crippen molar-refractivity contribution in [2.24, 2.45) is 7.05 Å². The standard InChI is InChI=1S/C16H16N6O3/c1-21-19-14(18-20-21)13-9-22(6-7-25-13)16(24)12-8-17-15(23)11-5-3-2-4-10(11)12/h2-5,8,13H,6-7,9H2,1H3,(H,17,23). The molecule has 1 unspecified atom stereocenters. The number of amides is 1. The number of morpholine rings is 1. The molecule has 25 heavy (non-hydrogen) atoms. The van der Waals surface area contributed by atoms with Crippen molar-refractivity contribution < 1.29 is 9.53 Å². The number of benzene rings is 1. The number of hydrogen-bond donors (Lipinski definition) is 1. The van der Waals surface area contributed by atoms with Crippen LogP contribution in [-0.2, 0) is 11.8 Å². The van der Waals surface area contributed by atoms with E-state index in [0.29, 0.717) is 41.9 Å². The fraction of sp³-hybridized carbons (Fsp3) is 0.312. The van der Waals surface area contributed by atoms with Crippen molar-refractivity contribution in [1.82, 2.24) is 30.1 Å². The number of H-pyrrole nitrogens is 1. The van der Waals surface area contributed by atoms with E-state index in [0.717, 1.165) is 0 Å². The molecule has 0 aliphatic carbocycles. The van der Waals surface area contributed by atoms with Crippen LogP contribution in [0, 0.1) is 0 Å². The highest BCUT2D eigenvalue weighted by Gasteiger charge is 2.29. The maximum atomic E-state index is 13.0. The molecule has 3 heterocycles. The molecule has 1 aliphatic heterocycles. The zero-order valence-electron chi connectivity index (χ0n) is 13.5. The van der Waals surface area contributed by atoms with E-state index in [1.807, 2.05) is 6.07 Å². The Morgan fingerprint density at radius 3 is 2.88 bits per heavy atom. The number of aromatic amines is 1. The first-order valence-electron chi connectivity index (χ1n) is 7.88. The quantitative estimate of drug-likeness (QED) is 0.717. The molecule has 0 spiro atoms. The van der Waals surface area contributed by atoms with E-state index >= 15 is 0 Å². The van der Waals surface area contributed by atoms with E-state index < -0.39 is 6.10 Å². The summed E-state index contributed by atoms with van der Waals surface area (Å²) in [5, 5.41) is 13.0. The minimum absolute atomic E-state index is 0.162. The first-order valence-corrected chi connectivity index (χ1v) is 7.88. The molecule has 4 rings (SSSR count). The van der Waals surface area contributed by atoms with Crippen LogP contribution in [0.25, 0.3) is 10.8 Å². The lowest BCUT2D eigenvalue weighted by molar-refractivity contribution is -0.0268. The van der Waals surface area contributed by atoms with Gasteiger partial charge >= 0.3 is 0 Å². The number of fused-ring (bicyclic) bond motifs is 1. The van der Waals surface area contributed by atoms with Crippen molar-refractivity contribution in [3.8, 4) is 0 Å². The normalized spacial score (nSPS) is 17.8. The van der Waals surface area contributed by atoms with Gasteiger partial charge in [0.25, 0.3) is 11.5 Å². The lowest BCUT2D eigenvalue weighted by Crippen LogP contribution is -2.42. The number of ether oxygens (including phenoxy) is 1. The Morgan fingerprint density at radius 2 is 2.12 bits per heavy atom. The van der Waals surface area contributed by atoms with Gasteiger partial charge < -0.3 is 14.6 Å². The van der Waals surface area contributed by atoms with Crippen LogP contribution in [0.1, 0.15) is 22.3 Å². The summed E-state index contributed by atoms with van der Waals surface area (Å²) in [5.74, 6) is 0.288. The molecule has 1 atom stereocenters. The Bertz CT molecular complexity index is 995. The van der Waals surface area contributed by atoms with Gasteiger partial charge in [0.05, 0.1) is 25.8 Å². The van der Waals surface area contributed by atoms with Gasteiger partial charge in [0, 0.05) is 23.5 Å². The fourth-order valence-electron chi connectivity index (χ4n) is 2.97. The fourth-order valence-corrected chi connectivity index (χ4v) is 2.97. The van der Waals surface area contributed by atoms with E-state index in [1.165, 1.54) is 11.0 Å². The second kappa shape index (κ2) is 6.10. The van der Waals surface area contributed by atoms with Crippen molar-refractivity contribution in [2.45, 2.75) is 6.10 Å². The van der Waals surface area contributed by atoms with Crippen LogP contribution in [0.5, 0.6) is 0 Å². The summed E-state index contributed by atoms with van der Waals surface area (Å²) in [6, 6.07) is 7.07. The molecule has 1 aliphatic rings. The minimum Gasteiger partial charge on any atom is -0.366 e. The molecule has 1 aromatic carbocycles. The van der Waals surface area contributed by atoms with Crippen LogP contribution in [0.3, 0.4) is 0 Å². The lowest BCUT2D eigenvalue weighted by atomic mass is 10.1. The maximum Gasteiger partial charge on any atom is 0.256 e. The smallest absolute Gasteiger partial charge is 0.256 e. The summed E-state index contributed by atoms with van der Waals surface area (Å²) in [6.07, 6.45) is 1.05. The summed E-state index contributed by atoms with van der Waals surface area (Å²) in [7, 11) is 1.68. The van der Waals surface area contributed by atoms with E-state index in [2.05, 4.69) is 20.4 Å². The van der Waals surface area contributed by atoms with Crippen molar-refractivity contribution >= 4 is 16.7 Å². The molecule has 1 amide bonds. The monoisotopic (exact) mass is 340 g/mol. The molecule has 1 fully saturated rings. The van der Waals surface area contributed by atoms with Gasteiger partial charge in [0.2, 0.25) is 5.82 Å². The van der Waals surface area contributed by atoms with Gasteiger partial charge in [-0.15, -0.1) is 10.2 Å². The largest absolute Gasteiger partial charge is 0.366 e. The van der Waals surface area contributed by atoms with Crippen LogP contribution in [0.15, 0.2) is 35.3 Å². The first kappa shape index (κ1) is 15.5. The van der Waals surface area contributed by atoms with Gasteiger partial charge in [0.1, 0.15) is 6.10 Å². The van der Waals surface area contributed by atoms with Crippen molar-refractivity contribution in [3.05, 3.63) is 52.2 Å². The average molecular weight is 340 g/mol. The molecule has 128 valence electrons. The van der Waals surface area contributed by atoms with Gasteiger partial charge in [0.15, 0.2) is 0 Å². The van der Waals surface area contributed by atoms with E-state index in [1.54, 1.807) is 30.1 Å². The van der Waals surface area contributed by atoms with Gasteiger partial charge in [-0.1, -0.05) is 18.2 Å². The number of aromatic nitrogens is 5. The molecule has 1 N–H and O–H groups in total. The molecular weight excluding hydrogens is 324 g/mol. The van der Waals surface area contributed by atoms with Crippen LogP contribution < -0.4 is 5.56 Å². The Balaban J connectivity index is 1.65. The van der Waals surface area contributed by atoms with Gasteiger partial charge in [-0.25, -0.2) is 0 Å². The Kier molecular flexibility index (Phi) is 3.77. The Labute approximate surface area is 142 Å².